The molecule has 0 unspecified atom stereocenters. The molecular weight excluding hydrogens is 483 g/mol. The van der Waals surface area contributed by atoms with E-state index in [0.717, 1.165) is 34.6 Å². The van der Waals surface area contributed by atoms with E-state index in [1.807, 2.05) is 19.1 Å². The summed E-state index contributed by atoms with van der Waals surface area (Å²) < 4.78 is 39.1. The Hall–Kier alpha value is -4.54. The summed E-state index contributed by atoms with van der Waals surface area (Å²) in [7, 11) is 0. The number of aryl methyl sites for hydroxylation is 1. The fourth-order valence-corrected chi connectivity index (χ4v) is 4.14. The van der Waals surface area contributed by atoms with Crippen LogP contribution in [0, 0.1) is 6.92 Å². The molecule has 1 amide bonds. The van der Waals surface area contributed by atoms with Gasteiger partial charge in [-0.05, 0) is 42.8 Å². The van der Waals surface area contributed by atoms with Crippen molar-refractivity contribution in [2.45, 2.75) is 26.1 Å². The zero-order chi connectivity index (χ0) is 26.0. The van der Waals surface area contributed by atoms with Crippen LogP contribution in [0.15, 0.2) is 67.4 Å². The third-order valence-corrected chi connectivity index (χ3v) is 6.01. The van der Waals surface area contributed by atoms with Crippen molar-refractivity contribution in [2.24, 2.45) is 0 Å². The molecule has 5 rings (SSSR count). The molecule has 0 saturated carbocycles. The average molecular weight is 506 g/mol. The van der Waals surface area contributed by atoms with Crippen molar-refractivity contribution in [2.75, 3.05) is 22.1 Å². The van der Waals surface area contributed by atoms with E-state index in [4.69, 9.17) is 0 Å². The minimum atomic E-state index is -4.52. The maximum absolute atomic E-state index is 13.0. The fraction of sp³-hybridized carbons (Fsp3) is 0.192. The van der Waals surface area contributed by atoms with E-state index in [0.29, 0.717) is 36.8 Å². The number of anilines is 4. The predicted octanol–water partition coefficient (Wildman–Crippen LogP) is 5.15. The maximum Gasteiger partial charge on any atom is 0.416 e. The van der Waals surface area contributed by atoms with Gasteiger partial charge in [-0.3, -0.25) is 4.79 Å². The summed E-state index contributed by atoms with van der Waals surface area (Å²) in [6.45, 7) is 3.24. The number of benzene rings is 2. The molecule has 11 heteroatoms. The number of carbonyl (C=O) groups is 1. The Balaban J connectivity index is 1.31. The van der Waals surface area contributed by atoms with Crippen molar-refractivity contribution in [1.29, 1.82) is 0 Å². The number of amides is 1. The van der Waals surface area contributed by atoms with Crippen molar-refractivity contribution in [3.63, 3.8) is 0 Å². The first-order chi connectivity index (χ1) is 17.8. The first kappa shape index (κ1) is 24.2. The normalized spacial score (nSPS) is 13.1. The molecule has 0 bridgehead atoms. The minimum absolute atomic E-state index is 0.0625. The highest BCUT2D eigenvalue weighted by Crippen LogP contribution is 2.31. The number of halogens is 3. The summed E-state index contributed by atoms with van der Waals surface area (Å²) in [5.74, 6) is -0.139. The second-order valence-corrected chi connectivity index (χ2v) is 8.62. The van der Waals surface area contributed by atoms with Crippen LogP contribution < -0.4 is 15.5 Å². The Morgan fingerprint density at radius 3 is 2.62 bits per heavy atom. The van der Waals surface area contributed by atoms with Crippen molar-refractivity contribution in [3.05, 3.63) is 95.3 Å². The SMILES string of the molecule is Cc1ccc(NC(=O)c2cccc(C(F)(F)F)c2)cc1N1CCc2nc(Nc3cncnc3)ncc2C1. The van der Waals surface area contributed by atoms with E-state index < -0.39 is 17.6 Å². The highest BCUT2D eigenvalue weighted by atomic mass is 19.4. The molecular formula is C26H22F3N7O. The number of nitrogens with one attached hydrogen (secondary N) is 2. The quantitative estimate of drug-likeness (QED) is 0.387. The van der Waals surface area contributed by atoms with Crippen molar-refractivity contribution in [1.82, 2.24) is 19.9 Å². The Morgan fingerprint density at radius 2 is 1.84 bits per heavy atom. The van der Waals surface area contributed by atoms with Gasteiger partial charge in [-0.15, -0.1) is 0 Å². The lowest BCUT2D eigenvalue weighted by molar-refractivity contribution is -0.137. The third kappa shape index (κ3) is 5.50. The third-order valence-electron chi connectivity index (χ3n) is 6.01. The van der Waals surface area contributed by atoms with E-state index in [1.165, 1.54) is 18.5 Å². The molecule has 1 aliphatic heterocycles. The van der Waals surface area contributed by atoms with E-state index in [9.17, 15) is 18.0 Å². The summed E-state index contributed by atoms with van der Waals surface area (Å²) in [6, 6.07) is 9.80. The van der Waals surface area contributed by atoms with Gasteiger partial charge in [0, 0.05) is 48.2 Å². The van der Waals surface area contributed by atoms with Crippen LogP contribution in [-0.2, 0) is 19.1 Å². The number of fused-ring (bicyclic) bond motifs is 1. The van der Waals surface area contributed by atoms with Crippen LogP contribution >= 0.6 is 0 Å². The summed E-state index contributed by atoms with van der Waals surface area (Å²) >= 11 is 0. The Labute approximate surface area is 210 Å². The lowest BCUT2D eigenvalue weighted by atomic mass is 10.0. The molecule has 188 valence electrons. The topological polar surface area (TPSA) is 95.9 Å². The van der Waals surface area contributed by atoms with Crippen molar-refractivity contribution < 1.29 is 18.0 Å². The molecule has 0 saturated heterocycles. The zero-order valence-electron chi connectivity index (χ0n) is 19.8. The average Bonchev–Trinajstić information content (AvgIpc) is 2.89. The van der Waals surface area contributed by atoms with Gasteiger partial charge in [-0.1, -0.05) is 12.1 Å². The summed E-state index contributed by atoms with van der Waals surface area (Å²) in [4.78, 5) is 31.8. The van der Waals surface area contributed by atoms with E-state index in [1.54, 1.807) is 24.7 Å². The molecule has 0 spiro atoms. The maximum atomic E-state index is 13.0. The van der Waals surface area contributed by atoms with Crippen LogP contribution in [0.3, 0.4) is 0 Å². The van der Waals surface area contributed by atoms with Crippen molar-refractivity contribution >= 4 is 28.9 Å². The molecule has 1 aliphatic rings. The zero-order valence-corrected chi connectivity index (χ0v) is 19.8. The lowest BCUT2D eigenvalue weighted by Gasteiger charge is -2.31. The first-order valence-electron chi connectivity index (χ1n) is 11.5. The van der Waals surface area contributed by atoms with E-state index in [-0.39, 0.29) is 5.56 Å². The van der Waals surface area contributed by atoms with Gasteiger partial charge in [-0.25, -0.2) is 19.9 Å². The minimum Gasteiger partial charge on any atom is -0.366 e. The number of hydrogen-bond acceptors (Lipinski definition) is 7. The summed E-state index contributed by atoms with van der Waals surface area (Å²) in [6.07, 6.45) is 2.68. The van der Waals surface area contributed by atoms with Gasteiger partial charge in [0.1, 0.15) is 6.33 Å². The molecule has 3 heterocycles. The molecule has 0 aliphatic carbocycles. The van der Waals surface area contributed by atoms with Gasteiger partial charge in [0.05, 0.1) is 29.3 Å². The Morgan fingerprint density at radius 1 is 1.03 bits per heavy atom. The van der Waals surface area contributed by atoms with Crippen LogP contribution in [0.4, 0.5) is 36.2 Å². The van der Waals surface area contributed by atoms with Crippen LogP contribution in [0.1, 0.15) is 32.7 Å². The number of rotatable bonds is 5. The highest BCUT2D eigenvalue weighted by molar-refractivity contribution is 6.04. The first-order valence-corrected chi connectivity index (χ1v) is 11.5. The van der Waals surface area contributed by atoms with E-state index >= 15 is 0 Å². The van der Waals surface area contributed by atoms with E-state index in [2.05, 4.69) is 35.5 Å². The second-order valence-electron chi connectivity index (χ2n) is 8.62. The van der Waals surface area contributed by atoms with Gasteiger partial charge in [0.2, 0.25) is 5.95 Å². The number of carbonyl (C=O) groups excluding carboxylic acids is 1. The Bertz CT molecular complexity index is 1440. The molecule has 2 aromatic carbocycles. The molecule has 2 N–H and O–H groups in total. The van der Waals surface area contributed by atoms with Gasteiger partial charge < -0.3 is 15.5 Å². The summed E-state index contributed by atoms with van der Waals surface area (Å²) in [5, 5.41) is 5.81. The molecule has 4 aromatic rings. The smallest absolute Gasteiger partial charge is 0.366 e. The summed E-state index contributed by atoms with van der Waals surface area (Å²) in [5.41, 5.74) is 4.10. The number of alkyl halides is 3. The highest BCUT2D eigenvalue weighted by Gasteiger charge is 2.31. The Kier molecular flexibility index (Phi) is 6.43. The van der Waals surface area contributed by atoms with Crippen LogP contribution in [0.5, 0.6) is 0 Å². The number of hydrogen-bond donors (Lipinski definition) is 2. The van der Waals surface area contributed by atoms with Crippen LogP contribution in [-0.4, -0.2) is 32.4 Å². The molecule has 0 atom stereocenters. The monoisotopic (exact) mass is 505 g/mol. The van der Waals surface area contributed by atoms with Crippen molar-refractivity contribution in [3.8, 4) is 0 Å². The van der Waals surface area contributed by atoms with Gasteiger partial charge in [0.25, 0.3) is 5.91 Å². The second kappa shape index (κ2) is 9.84. The lowest BCUT2D eigenvalue weighted by Crippen LogP contribution is -2.32. The fourth-order valence-electron chi connectivity index (χ4n) is 4.14. The molecule has 0 radical (unpaired) electrons. The number of aromatic nitrogens is 4. The largest absolute Gasteiger partial charge is 0.416 e. The molecule has 0 fully saturated rings. The van der Waals surface area contributed by atoms with Crippen LogP contribution in [0.25, 0.3) is 0 Å². The standard InChI is InChI=1S/C26H22F3N7O/c1-16-5-6-20(33-24(37)17-3-2-4-19(9-17)26(27,28)29)10-23(16)36-8-7-22-18(14-36)11-32-25(35-22)34-21-12-30-15-31-13-21/h2-6,9-13,15H,7-8,14H2,1H3,(H,33,37)(H,32,34,35). The predicted molar refractivity (Wildman–Crippen MR) is 133 cm³/mol. The van der Waals surface area contributed by atoms with Gasteiger partial charge >= 0.3 is 6.18 Å². The van der Waals surface area contributed by atoms with Gasteiger partial charge in [-0.2, -0.15) is 13.2 Å². The molecule has 8 nitrogen and oxygen atoms in total. The molecule has 37 heavy (non-hydrogen) atoms. The number of nitrogens with zero attached hydrogens (tertiary/aromatic N) is 5. The van der Waals surface area contributed by atoms with Crippen LogP contribution in [0.2, 0.25) is 0 Å². The molecule has 2 aromatic heterocycles. The van der Waals surface area contributed by atoms with Gasteiger partial charge in [0.15, 0.2) is 0 Å².